The predicted molar refractivity (Wildman–Crippen MR) is 112 cm³/mol. The van der Waals surface area contributed by atoms with E-state index in [1.807, 2.05) is 0 Å². The lowest BCUT2D eigenvalue weighted by molar-refractivity contribution is -0.137. The molecule has 2 aliphatic rings. The number of nitrogens with one attached hydrogen (secondary N) is 3. The monoisotopic (exact) mass is 473 g/mol. The van der Waals surface area contributed by atoms with Gasteiger partial charge in [0.1, 0.15) is 11.3 Å². The van der Waals surface area contributed by atoms with E-state index in [0.717, 1.165) is 18.2 Å². The third kappa shape index (κ3) is 4.44. The van der Waals surface area contributed by atoms with Gasteiger partial charge < -0.3 is 16.4 Å². The summed E-state index contributed by atoms with van der Waals surface area (Å²) in [6.07, 6.45) is -3.08. The number of benzene rings is 1. The number of aliphatic imine (C=N–C) groups is 1. The van der Waals surface area contributed by atoms with Gasteiger partial charge in [-0.25, -0.2) is 0 Å². The Bertz CT molecular complexity index is 960. The largest absolute Gasteiger partial charge is 0.416 e. The maximum absolute atomic E-state index is 13.0. The van der Waals surface area contributed by atoms with E-state index < -0.39 is 40.9 Å². The second-order valence-corrected chi connectivity index (χ2v) is 8.23. The molecule has 1 aromatic carbocycles. The third-order valence-corrected chi connectivity index (χ3v) is 6.39. The van der Waals surface area contributed by atoms with Crippen LogP contribution in [0.4, 0.5) is 18.9 Å². The lowest BCUT2D eigenvalue weighted by atomic mass is 9.69. The van der Waals surface area contributed by atoms with Gasteiger partial charge in [-0.3, -0.25) is 24.7 Å². The smallest absolute Gasteiger partial charge is 0.368 e. The molecule has 8 nitrogen and oxygen atoms in total. The number of primary amides is 1. The van der Waals surface area contributed by atoms with E-state index in [2.05, 4.69) is 20.9 Å². The Balaban J connectivity index is 1.71. The predicted octanol–water partition coefficient (Wildman–Crippen LogP) is 2.08. The number of hydrogen-bond donors (Lipinski definition) is 4. The van der Waals surface area contributed by atoms with Crippen LogP contribution in [0.25, 0.3) is 0 Å². The van der Waals surface area contributed by atoms with Crippen LogP contribution in [0.15, 0.2) is 23.2 Å². The van der Waals surface area contributed by atoms with Gasteiger partial charge in [-0.1, -0.05) is 11.6 Å². The maximum Gasteiger partial charge on any atom is 0.416 e. The van der Waals surface area contributed by atoms with Crippen LogP contribution in [0, 0.1) is 11.8 Å². The topological polar surface area (TPSA) is 126 Å². The molecule has 1 aliphatic heterocycles. The molecule has 32 heavy (non-hydrogen) atoms. The molecular weight excluding hydrogens is 451 g/mol. The van der Waals surface area contributed by atoms with Crippen molar-refractivity contribution in [1.82, 2.24) is 10.6 Å². The molecule has 1 unspecified atom stereocenters. The first kappa shape index (κ1) is 24.0. The first-order chi connectivity index (χ1) is 15.0. The van der Waals surface area contributed by atoms with E-state index in [0.29, 0.717) is 25.7 Å². The molecular formula is C20H23ClF3N5O3. The fourth-order valence-electron chi connectivity index (χ4n) is 4.38. The molecule has 1 saturated carbocycles. The fraction of sp³-hybridized carbons (Fsp3) is 0.500. The Hall–Kier alpha value is -2.66. The lowest BCUT2D eigenvalue weighted by Gasteiger charge is -2.39. The molecule has 3 amide bonds. The van der Waals surface area contributed by atoms with Crippen molar-refractivity contribution in [2.24, 2.45) is 22.6 Å². The summed E-state index contributed by atoms with van der Waals surface area (Å²) in [6, 6.07) is 2.72. The first-order valence-electron chi connectivity index (χ1n) is 10.00. The van der Waals surface area contributed by atoms with E-state index >= 15 is 0 Å². The van der Waals surface area contributed by atoms with Crippen molar-refractivity contribution >= 4 is 40.7 Å². The zero-order chi connectivity index (χ0) is 23.7. The summed E-state index contributed by atoms with van der Waals surface area (Å²) < 4.78 is 38.9. The summed E-state index contributed by atoms with van der Waals surface area (Å²) >= 11 is 5.96. The summed E-state index contributed by atoms with van der Waals surface area (Å²) in [5.41, 5.74) is 3.22. The SMILES string of the molecule is CNC(=O)C1=NCNC1(C(N)=O)C1CCC(C(=O)Nc2cc(C(F)(F)F)ccc2Cl)CC1. The van der Waals surface area contributed by atoms with Crippen molar-refractivity contribution in [2.75, 3.05) is 19.0 Å². The second kappa shape index (κ2) is 9.07. The number of rotatable bonds is 5. The molecule has 174 valence electrons. The number of amides is 3. The van der Waals surface area contributed by atoms with Crippen molar-refractivity contribution in [3.8, 4) is 0 Å². The van der Waals surface area contributed by atoms with Crippen molar-refractivity contribution in [2.45, 2.75) is 37.4 Å². The minimum Gasteiger partial charge on any atom is -0.368 e. The lowest BCUT2D eigenvalue weighted by Crippen LogP contribution is -2.65. The van der Waals surface area contributed by atoms with Gasteiger partial charge in [0.05, 0.1) is 22.9 Å². The van der Waals surface area contributed by atoms with Gasteiger partial charge in [0.2, 0.25) is 11.8 Å². The van der Waals surface area contributed by atoms with Crippen LogP contribution < -0.4 is 21.7 Å². The molecule has 1 heterocycles. The molecule has 1 aliphatic carbocycles. The Morgan fingerprint density at radius 2 is 1.88 bits per heavy atom. The number of nitrogens with two attached hydrogens (primary N) is 1. The minimum absolute atomic E-state index is 0.00527. The number of hydrogen-bond acceptors (Lipinski definition) is 5. The number of alkyl halides is 3. The highest BCUT2D eigenvalue weighted by molar-refractivity contribution is 6.47. The van der Waals surface area contributed by atoms with Gasteiger partial charge in [-0.15, -0.1) is 0 Å². The molecule has 0 saturated heterocycles. The molecule has 1 aromatic rings. The van der Waals surface area contributed by atoms with Gasteiger partial charge in [0, 0.05) is 13.0 Å². The summed E-state index contributed by atoms with van der Waals surface area (Å²) in [5.74, 6) is -2.55. The standard InChI is InChI=1S/C20H23ClF3N5O3/c1-26-17(31)15-19(18(25)32,28-9-27-15)11-4-2-10(3-5-11)16(30)29-14-8-12(20(22,23)24)6-7-13(14)21/h6-8,10-11,28H,2-5,9H2,1H3,(H2,25,32)(H,26,31)(H,29,30). The molecule has 1 fully saturated rings. The van der Waals surface area contributed by atoms with Crippen molar-refractivity contribution < 1.29 is 27.6 Å². The third-order valence-electron chi connectivity index (χ3n) is 6.06. The van der Waals surface area contributed by atoms with Crippen LogP contribution in [-0.4, -0.2) is 42.7 Å². The molecule has 1 atom stereocenters. The normalized spacial score (nSPS) is 25.7. The quantitative estimate of drug-likeness (QED) is 0.522. The fourth-order valence-corrected chi connectivity index (χ4v) is 4.55. The van der Waals surface area contributed by atoms with E-state index in [1.54, 1.807) is 0 Å². The Kier molecular flexibility index (Phi) is 6.80. The highest BCUT2D eigenvalue weighted by Crippen LogP contribution is 2.39. The number of anilines is 1. The molecule has 0 bridgehead atoms. The van der Waals surface area contributed by atoms with E-state index in [1.165, 1.54) is 7.05 Å². The van der Waals surface area contributed by atoms with Crippen LogP contribution in [0.1, 0.15) is 31.2 Å². The van der Waals surface area contributed by atoms with Crippen LogP contribution in [-0.2, 0) is 20.6 Å². The summed E-state index contributed by atoms with van der Waals surface area (Å²) in [7, 11) is 1.43. The summed E-state index contributed by atoms with van der Waals surface area (Å²) in [4.78, 5) is 41.4. The number of halogens is 4. The van der Waals surface area contributed by atoms with Gasteiger partial charge >= 0.3 is 6.18 Å². The van der Waals surface area contributed by atoms with Crippen LogP contribution in [0.2, 0.25) is 5.02 Å². The zero-order valence-electron chi connectivity index (χ0n) is 17.2. The molecule has 5 N–H and O–H groups in total. The highest BCUT2D eigenvalue weighted by atomic mass is 35.5. The summed E-state index contributed by atoms with van der Waals surface area (Å²) in [5, 5.41) is 7.88. The Labute approximate surface area is 187 Å². The number of nitrogens with zero attached hydrogens (tertiary/aromatic N) is 1. The van der Waals surface area contributed by atoms with Crippen molar-refractivity contribution in [1.29, 1.82) is 0 Å². The van der Waals surface area contributed by atoms with Gasteiger partial charge in [-0.05, 0) is 49.8 Å². The van der Waals surface area contributed by atoms with Crippen molar-refractivity contribution in [3.63, 3.8) is 0 Å². The van der Waals surface area contributed by atoms with Crippen LogP contribution in [0.3, 0.4) is 0 Å². The van der Waals surface area contributed by atoms with Gasteiger partial charge in [-0.2, -0.15) is 13.2 Å². The minimum atomic E-state index is -4.57. The molecule has 0 radical (unpaired) electrons. The van der Waals surface area contributed by atoms with Gasteiger partial charge in [0.25, 0.3) is 5.91 Å². The Morgan fingerprint density at radius 3 is 2.44 bits per heavy atom. The second-order valence-electron chi connectivity index (χ2n) is 7.82. The molecule has 12 heteroatoms. The average Bonchev–Trinajstić information content (AvgIpc) is 3.20. The van der Waals surface area contributed by atoms with Gasteiger partial charge in [0.15, 0.2) is 0 Å². The molecule has 0 aromatic heterocycles. The first-order valence-corrected chi connectivity index (χ1v) is 10.4. The number of carbonyl (C=O) groups excluding carboxylic acids is 3. The van der Waals surface area contributed by atoms with Crippen LogP contribution in [0.5, 0.6) is 0 Å². The average molecular weight is 474 g/mol. The molecule has 3 rings (SSSR count). The molecule has 0 spiro atoms. The van der Waals surface area contributed by atoms with Crippen molar-refractivity contribution in [3.05, 3.63) is 28.8 Å². The zero-order valence-corrected chi connectivity index (χ0v) is 17.9. The van der Waals surface area contributed by atoms with E-state index in [-0.39, 0.29) is 29.0 Å². The van der Waals surface area contributed by atoms with E-state index in [4.69, 9.17) is 17.3 Å². The Morgan fingerprint density at radius 1 is 1.22 bits per heavy atom. The maximum atomic E-state index is 13.0. The van der Waals surface area contributed by atoms with E-state index in [9.17, 15) is 27.6 Å². The highest BCUT2D eigenvalue weighted by Gasteiger charge is 2.54. The van der Waals surface area contributed by atoms with Crippen LogP contribution >= 0.6 is 11.6 Å². The summed E-state index contributed by atoms with van der Waals surface area (Å²) in [6.45, 7) is 0.0696. The number of carbonyl (C=O) groups is 3.